The largest absolute Gasteiger partial charge is 0.341 e. The fourth-order valence-electron chi connectivity index (χ4n) is 1.83. The van der Waals surface area contributed by atoms with Gasteiger partial charge in [-0.1, -0.05) is 6.08 Å². The Hall–Kier alpha value is -0.870. The number of rotatable bonds is 4. The summed E-state index contributed by atoms with van der Waals surface area (Å²) in [5, 5.41) is 3.28. The molecule has 1 amide bonds. The van der Waals surface area contributed by atoms with Gasteiger partial charge in [-0.3, -0.25) is 9.69 Å². The van der Waals surface area contributed by atoms with Gasteiger partial charge in [0.05, 0.1) is 6.04 Å². The number of amides is 1. The van der Waals surface area contributed by atoms with Crippen molar-refractivity contribution in [3.8, 4) is 0 Å². The summed E-state index contributed by atoms with van der Waals surface area (Å²) in [7, 11) is 1.82. The van der Waals surface area contributed by atoms with Gasteiger partial charge >= 0.3 is 0 Å². The molecule has 1 unspecified atom stereocenters. The van der Waals surface area contributed by atoms with Crippen LogP contribution < -0.4 is 5.32 Å². The maximum absolute atomic E-state index is 11.9. The summed E-state index contributed by atoms with van der Waals surface area (Å²) in [5.74, 6) is 0.178. The van der Waals surface area contributed by atoms with Gasteiger partial charge in [0.25, 0.3) is 0 Å². The highest BCUT2D eigenvalue weighted by Crippen LogP contribution is 2.04. The molecule has 0 aromatic carbocycles. The molecule has 1 aliphatic rings. The monoisotopic (exact) mass is 211 g/mol. The normalized spacial score (nSPS) is 19.6. The van der Waals surface area contributed by atoms with Crippen LogP contribution in [-0.4, -0.2) is 61.5 Å². The van der Waals surface area contributed by atoms with Crippen LogP contribution in [0.25, 0.3) is 0 Å². The highest BCUT2D eigenvalue weighted by molar-refractivity contribution is 5.81. The summed E-state index contributed by atoms with van der Waals surface area (Å²) >= 11 is 0. The van der Waals surface area contributed by atoms with E-state index in [-0.39, 0.29) is 11.9 Å². The van der Waals surface area contributed by atoms with E-state index in [9.17, 15) is 4.79 Å². The fourth-order valence-corrected chi connectivity index (χ4v) is 1.83. The molecule has 86 valence electrons. The number of hydrogen-bond donors (Lipinski definition) is 1. The number of nitrogens with zero attached hydrogens (tertiary/aromatic N) is 2. The molecule has 0 aromatic rings. The Morgan fingerprint density at radius 2 is 2.20 bits per heavy atom. The van der Waals surface area contributed by atoms with Crippen LogP contribution in [0.3, 0.4) is 0 Å². The summed E-state index contributed by atoms with van der Waals surface area (Å²) < 4.78 is 0. The maximum Gasteiger partial charge on any atom is 0.239 e. The highest BCUT2D eigenvalue weighted by Gasteiger charge is 2.24. The van der Waals surface area contributed by atoms with Crippen molar-refractivity contribution in [1.82, 2.24) is 15.1 Å². The fraction of sp³-hybridized carbons (Fsp3) is 0.727. The SMILES string of the molecule is C=CCN(C)C(=O)C(C)N1CCNCC1. The molecule has 0 aromatic heterocycles. The van der Waals surface area contributed by atoms with Crippen molar-refractivity contribution < 1.29 is 4.79 Å². The second-order valence-corrected chi connectivity index (χ2v) is 3.97. The van der Waals surface area contributed by atoms with Crippen LogP contribution >= 0.6 is 0 Å². The van der Waals surface area contributed by atoms with Gasteiger partial charge < -0.3 is 10.2 Å². The molecule has 4 heteroatoms. The zero-order chi connectivity index (χ0) is 11.3. The number of hydrogen-bond acceptors (Lipinski definition) is 3. The first-order valence-corrected chi connectivity index (χ1v) is 5.47. The zero-order valence-electron chi connectivity index (χ0n) is 9.70. The average molecular weight is 211 g/mol. The van der Waals surface area contributed by atoms with Crippen LogP contribution in [0.4, 0.5) is 0 Å². The first-order chi connectivity index (χ1) is 7.16. The van der Waals surface area contributed by atoms with Crippen molar-refractivity contribution in [3.63, 3.8) is 0 Å². The lowest BCUT2D eigenvalue weighted by atomic mass is 10.2. The van der Waals surface area contributed by atoms with E-state index in [1.54, 1.807) is 11.0 Å². The summed E-state index contributed by atoms with van der Waals surface area (Å²) in [6, 6.07) is -0.0166. The number of carbonyl (C=O) groups excluding carboxylic acids is 1. The number of likely N-dealkylation sites (N-methyl/N-ethyl adjacent to an activating group) is 1. The van der Waals surface area contributed by atoms with Crippen molar-refractivity contribution in [2.24, 2.45) is 0 Å². The smallest absolute Gasteiger partial charge is 0.239 e. The van der Waals surface area contributed by atoms with Gasteiger partial charge in [-0.15, -0.1) is 6.58 Å². The minimum absolute atomic E-state index is 0.0166. The van der Waals surface area contributed by atoms with Crippen LogP contribution in [0.1, 0.15) is 6.92 Å². The van der Waals surface area contributed by atoms with Gasteiger partial charge in [-0.2, -0.15) is 0 Å². The molecule has 1 saturated heterocycles. The molecule has 0 bridgehead atoms. The molecular weight excluding hydrogens is 190 g/mol. The first-order valence-electron chi connectivity index (χ1n) is 5.47. The van der Waals surface area contributed by atoms with Gasteiger partial charge in [0, 0.05) is 39.8 Å². The molecule has 1 atom stereocenters. The third kappa shape index (κ3) is 3.32. The predicted octanol–water partition coefficient (Wildman–Crippen LogP) is -0.0755. The number of nitrogens with one attached hydrogen (secondary N) is 1. The van der Waals surface area contributed by atoms with E-state index in [4.69, 9.17) is 0 Å². The van der Waals surface area contributed by atoms with E-state index >= 15 is 0 Å². The number of carbonyl (C=O) groups is 1. The van der Waals surface area contributed by atoms with Gasteiger partial charge in [0.1, 0.15) is 0 Å². The van der Waals surface area contributed by atoms with Crippen molar-refractivity contribution in [2.45, 2.75) is 13.0 Å². The Labute approximate surface area is 91.9 Å². The van der Waals surface area contributed by atoms with E-state index in [1.807, 2.05) is 14.0 Å². The van der Waals surface area contributed by atoms with Crippen LogP contribution in [0, 0.1) is 0 Å². The predicted molar refractivity (Wildman–Crippen MR) is 61.7 cm³/mol. The minimum Gasteiger partial charge on any atom is -0.341 e. The van der Waals surface area contributed by atoms with E-state index in [2.05, 4.69) is 16.8 Å². The topological polar surface area (TPSA) is 35.6 Å². The van der Waals surface area contributed by atoms with Crippen molar-refractivity contribution in [1.29, 1.82) is 0 Å². The molecule has 1 aliphatic heterocycles. The van der Waals surface area contributed by atoms with Gasteiger partial charge in [0.15, 0.2) is 0 Å². The zero-order valence-corrected chi connectivity index (χ0v) is 9.70. The maximum atomic E-state index is 11.9. The molecule has 4 nitrogen and oxygen atoms in total. The lowest BCUT2D eigenvalue weighted by molar-refractivity contribution is -0.134. The molecule has 1 rings (SSSR count). The molecule has 0 aliphatic carbocycles. The van der Waals surface area contributed by atoms with Crippen molar-refractivity contribution >= 4 is 5.91 Å². The second kappa shape index (κ2) is 5.88. The molecule has 1 N–H and O–H groups in total. The molecular formula is C11H21N3O. The number of piperazine rings is 1. The van der Waals surface area contributed by atoms with E-state index in [0.717, 1.165) is 26.2 Å². The molecule has 1 heterocycles. The Bertz CT molecular complexity index is 224. The molecule has 0 spiro atoms. The minimum atomic E-state index is -0.0166. The Morgan fingerprint density at radius 3 is 2.73 bits per heavy atom. The molecule has 15 heavy (non-hydrogen) atoms. The Balaban J connectivity index is 2.46. The first kappa shape index (κ1) is 12.2. The quantitative estimate of drug-likeness (QED) is 0.661. The van der Waals surface area contributed by atoms with Crippen molar-refractivity contribution in [3.05, 3.63) is 12.7 Å². The van der Waals surface area contributed by atoms with Gasteiger partial charge in [-0.25, -0.2) is 0 Å². The lowest BCUT2D eigenvalue weighted by Crippen LogP contribution is -2.52. The van der Waals surface area contributed by atoms with Crippen LogP contribution in [0.2, 0.25) is 0 Å². The third-order valence-corrected chi connectivity index (χ3v) is 2.84. The van der Waals surface area contributed by atoms with Crippen LogP contribution in [0.15, 0.2) is 12.7 Å². The van der Waals surface area contributed by atoms with E-state index < -0.39 is 0 Å². The average Bonchev–Trinajstić information content (AvgIpc) is 2.28. The standard InChI is InChI=1S/C11H21N3O/c1-4-7-13(3)11(15)10(2)14-8-5-12-6-9-14/h4,10,12H,1,5-9H2,2-3H3. The van der Waals surface area contributed by atoms with Gasteiger partial charge in [-0.05, 0) is 6.92 Å². The molecule has 1 fully saturated rings. The Morgan fingerprint density at radius 1 is 1.60 bits per heavy atom. The third-order valence-electron chi connectivity index (χ3n) is 2.84. The summed E-state index contributed by atoms with van der Waals surface area (Å²) in [4.78, 5) is 15.9. The summed E-state index contributed by atoms with van der Waals surface area (Å²) in [6.07, 6.45) is 1.75. The van der Waals surface area contributed by atoms with Crippen LogP contribution in [-0.2, 0) is 4.79 Å². The Kier molecular flexibility index (Phi) is 4.78. The van der Waals surface area contributed by atoms with Gasteiger partial charge in [0.2, 0.25) is 5.91 Å². The van der Waals surface area contributed by atoms with Crippen molar-refractivity contribution in [2.75, 3.05) is 39.8 Å². The van der Waals surface area contributed by atoms with E-state index in [1.165, 1.54) is 0 Å². The lowest BCUT2D eigenvalue weighted by Gasteiger charge is -2.33. The molecule has 0 radical (unpaired) electrons. The summed E-state index contributed by atoms with van der Waals surface area (Å²) in [5.41, 5.74) is 0. The summed E-state index contributed by atoms with van der Waals surface area (Å²) in [6.45, 7) is 10.1. The second-order valence-electron chi connectivity index (χ2n) is 3.97. The van der Waals surface area contributed by atoms with E-state index in [0.29, 0.717) is 6.54 Å². The van der Waals surface area contributed by atoms with Crippen LogP contribution in [0.5, 0.6) is 0 Å². The molecule has 0 saturated carbocycles. The highest BCUT2D eigenvalue weighted by atomic mass is 16.2.